The number of piperidine rings is 1. The molecule has 0 N–H and O–H groups in total. The smallest absolute Gasteiger partial charge is 0.253 e. The Bertz CT molecular complexity index is 989. The predicted molar refractivity (Wildman–Crippen MR) is 103 cm³/mol. The monoisotopic (exact) mass is 379 g/mol. The predicted octanol–water partition coefficient (Wildman–Crippen LogP) is 4.51. The van der Waals surface area contributed by atoms with Gasteiger partial charge >= 0.3 is 0 Å². The van der Waals surface area contributed by atoms with Crippen LogP contribution in [0.25, 0.3) is 11.4 Å². The summed E-state index contributed by atoms with van der Waals surface area (Å²) in [5.41, 5.74) is 3.03. The maximum absolute atomic E-state index is 13.8. The minimum Gasteiger partial charge on any atom is -0.339 e. The second kappa shape index (κ2) is 7.54. The van der Waals surface area contributed by atoms with Gasteiger partial charge in [0.1, 0.15) is 5.82 Å². The van der Waals surface area contributed by atoms with Crippen LogP contribution >= 0.6 is 0 Å². The highest BCUT2D eigenvalue weighted by atomic mass is 19.1. The van der Waals surface area contributed by atoms with Crippen LogP contribution in [0.1, 0.15) is 46.1 Å². The molecule has 0 spiro atoms. The summed E-state index contributed by atoms with van der Waals surface area (Å²) in [5.74, 6) is 0.844. The molecule has 5 nitrogen and oxygen atoms in total. The van der Waals surface area contributed by atoms with Crippen LogP contribution in [-0.4, -0.2) is 34.0 Å². The molecule has 144 valence electrons. The number of hydrogen-bond acceptors (Lipinski definition) is 4. The number of aromatic nitrogens is 2. The molecule has 1 amide bonds. The van der Waals surface area contributed by atoms with Gasteiger partial charge in [-0.3, -0.25) is 4.79 Å². The third kappa shape index (κ3) is 3.67. The van der Waals surface area contributed by atoms with E-state index in [1.807, 2.05) is 31.2 Å². The molecular weight excluding hydrogens is 357 g/mol. The molecule has 1 aliphatic heterocycles. The van der Waals surface area contributed by atoms with E-state index in [2.05, 4.69) is 10.1 Å². The second-order valence-electron chi connectivity index (χ2n) is 7.35. The molecule has 4 rings (SSSR count). The molecule has 0 bridgehead atoms. The standard InChI is InChI=1S/C22H22FN3O2/c1-14-3-6-16(7-4-14)20-24-21(28-25-20)17-9-11-26(12-10-17)22(27)18-8-5-15(2)19(23)13-18/h3-8,13,17H,9-12H2,1-2H3. The topological polar surface area (TPSA) is 59.2 Å². The van der Waals surface area contributed by atoms with Gasteiger partial charge < -0.3 is 9.42 Å². The summed E-state index contributed by atoms with van der Waals surface area (Å²) >= 11 is 0. The quantitative estimate of drug-likeness (QED) is 0.672. The Morgan fingerprint density at radius 3 is 2.50 bits per heavy atom. The number of benzene rings is 2. The minimum absolute atomic E-state index is 0.130. The van der Waals surface area contributed by atoms with E-state index in [1.54, 1.807) is 24.0 Å². The molecule has 6 heteroatoms. The minimum atomic E-state index is -0.352. The third-order valence-electron chi connectivity index (χ3n) is 5.30. The van der Waals surface area contributed by atoms with Gasteiger partial charge in [-0.2, -0.15) is 4.98 Å². The summed E-state index contributed by atoms with van der Waals surface area (Å²) in [6, 6.07) is 12.6. The van der Waals surface area contributed by atoms with Crippen molar-refractivity contribution in [2.24, 2.45) is 0 Å². The average molecular weight is 379 g/mol. The van der Waals surface area contributed by atoms with Crippen LogP contribution in [-0.2, 0) is 0 Å². The average Bonchev–Trinajstić information content (AvgIpc) is 3.20. The van der Waals surface area contributed by atoms with E-state index in [1.165, 1.54) is 11.6 Å². The molecule has 1 aromatic heterocycles. The molecule has 0 aliphatic carbocycles. The number of carbonyl (C=O) groups excluding carboxylic acids is 1. The van der Waals surface area contributed by atoms with Crippen molar-refractivity contribution in [3.05, 3.63) is 70.9 Å². The van der Waals surface area contributed by atoms with Crippen LogP contribution in [0.15, 0.2) is 47.0 Å². The summed E-state index contributed by atoms with van der Waals surface area (Å²) in [7, 11) is 0. The Morgan fingerprint density at radius 2 is 1.82 bits per heavy atom. The number of amides is 1. The van der Waals surface area contributed by atoms with Gasteiger partial charge in [0.25, 0.3) is 5.91 Å². The number of rotatable bonds is 3. The van der Waals surface area contributed by atoms with Gasteiger partial charge in [-0.25, -0.2) is 4.39 Å². The largest absolute Gasteiger partial charge is 0.339 e. The molecule has 0 saturated carbocycles. The number of likely N-dealkylation sites (tertiary alicyclic amines) is 1. The highest BCUT2D eigenvalue weighted by Crippen LogP contribution is 2.29. The van der Waals surface area contributed by atoms with E-state index >= 15 is 0 Å². The summed E-state index contributed by atoms with van der Waals surface area (Å²) in [6.07, 6.45) is 1.49. The van der Waals surface area contributed by atoms with E-state index in [0.29, 0.717) is 35.9 Å². The van der Waals surface area contributed by atoms with Crippen LogP contribution in [0.5, 0.6) is 0 Å². The highest BCUT2D eigenvalue weighted by molar-refractivity contribution is 5.94. The molecule has 1 fully saturated rings. The van der Waals surface area contributed by atoms with Gasteiger partial charge in [-0.15, -0.1) is 0 Å². The van der Waals surface area contributed by atoms with Gasteiger partial charge in [0.2, 0.25) is 11.7 Å². The summed E-state index contributed by atoms with van der Waals surface area (Å²) in [5, 5.41) is 4.10. The molecule has 2 heterocycles. The van der Waals surface area contributed by atoms with Crippen LogP contribution in [0.2, 0.25) is 0 Å². The van der Waals surface area contributed by atoms with Gasteiger partial charge in [-0.05, 0) is 44.4 Å². The fourth-order valence-electron chi connectivity index (χ4n) is 3.46. The lowest BCUT2D eigenvalue weighted by atomic mass is 9.96. The molecule has 0 radical (unpaired) electrons. The van der Waals surface area contributed by atoms with Crippen LogP contribution in [0.3, 0.4) is 0 Å². The lowest BCUT2D eigenvalue weighted by molar-refractivity contribution is 0.0704. The number of carbonyl (C=O) groups is 1. The first kappa shape index (κ1) is 18.3. The summed E-state index contributed by atoms with van der Waals surface area (Å²) in [4.78, 5) is 18.9. The SMILES string of the molecule is Cc1ccc(-c2noc(C3CCN(C(=O)c4ccc(C)c(F)c4)CC3)n2)cc1. The van der Waals surface area contributed by atoms with Crippen LogP contribution in [0, 0.1) is 19.7 Å². The van der Waals surface area contributed by atoms with Gasteiger partial charge in [-0.1, -0.05) is 41.1 Å². The van der Waals surface area contributed by atoms with Crippen molar-refractivity contribution in [3.8, 4) is 11.4 Å². The Hall–Kier alpha value is -3.02. The Balaban J connectivity index is 1.41. The maximum atomic E-state index is 13.8. The van der Waals surface area contributed by atoms with Gasteiger partial charge in [0.05, 0.1) is 0 Å². The Kier molecular flexibility index (Phi) is 4.94. The summed E-state index contributed by atoms with van der Waals surface area (Å²) in [6.45, 7) is 4.89. The molecule has 2 aromatic carbocycles. The van der Waals surface area contributed by atoms with Crippen molar-refractivity contribution >= 4 is 5.91 Å². The van der Waals surface area contributed by atoms with Crippen LogP contribution < -0.4 is 0 Å². The van der Waals surface area contributed by atoms with Crippen molar-refractivity contribution in [1.82, 2.24) is 15.0 Å². The molecule has 0 unspecified atom stereocenters. The molecular formula is C22H22FN3O2. The molecule has 0 atom stereocenters. The zero-order chi connectivity index (χ0) is 19.7. The van der Waals surface area contributed by atoms with Crippen molar-refractivity contribution in [1.29, 1.82) is 0 Å². The lowest BCUT2D eigenvalue weighted by Crippen LogP contribution is -2.38. The molecule has 28 heavy (non-hydrogen) atoms. The summed E-state index contributed by atoms with van der Waals surface area (Å²) < 4.78 is 19.2. The first-order valence-electron chi connectivity index (χ1n) is 9.47. The van der Waals surface area contributed by atoms with E-state index in [0.717, 1.165) is 18.4 Å². The molecule has 1 aliphatic rings. The number of aryl methyl sites for hydroxylation is 2. The Morgan fingerprint density at radius 1 is 1.11 bits per heavy atom. The zero-order valence-electron chi connectivity index (χ0n) is 16.0. The van der Waals surface area contributed by atoms with Crippen LogP contribution in [0.4, 0.5) is 4.39 Å². The van der Waals surface area contributed by atoms with Crippen molar-refractivity contribution in [2.45, 2.75) is 32.6 Å². The lowest BCUT2D eigenvalue weighted by Gasteiger charge is -2.30. The normalized spacial score (nSPS) is 15.0. The number of halogens is 1. The third-order valence-corrected chi connectivity index (χ3v) is 5.30. The first-order chi connectivity index (χ1) is 13.5. The van der Waals surface area contributed by atoms with Gasteiger partial charge in [0, 0.05) is 30.1 Å². The maximum Gasteiger partial charge on any atom is 0.253 e. The highest BCUT2D eigenvalue weighted by Gasteiger charge is 2.28. The van der Waals surface area contributed by atoms with E-state index in [9.17, 15) is 9.18 Å². The fourth-order valence-corrected chi connectivity index (χ4v) is 3.46. The zero-order valence-corrected chi connectivity index (χ0v) is 16.0. The van der Waals surface area contributed by atoms with E-state index in [4.69, 9.17) is 4.52 Å². The van der Waals surface area contributed by atoms with Crippen molar-refractivity contribution < 1.29 is 13.7 Å². The van der Waals surface area contributed by atoms with Gasteiger partial charge in [0.15, 0.2) is 0 Å². The number of hydrogen-bond donors (Lipinski definition) is 0. The van der Waals surface area contributed by atoms with Crippen molar-refractivity contribution in [3.63, 3.8) is 0 Å². The van der Waals surface area contributed by atoms with E-state index < -0.39 is 0 Å². The fraction of sp³-hybridized carbons (Fsp3) is 0.318. The molecule has 1 saturated heterocycles. The Labute approximate surface area is 163 Å². The molecule has 3 aromatic rings. The first-order valence-corrected chi connectivity index (χ1v) is 9.47. The van der Waals surface area contributed by atoms with Crippen molar-refractivity contribution in [2.75, 3.05) is 13.1 Å². The van der Waals surface area contributed by atoms with E-state index in [-0.39, 0.29) is 17.6 Å². The number of nitrogens with zero attached hydrogens (tertiary/aromatic N) is 3. The second-order valence-corrected chi connectivity index (χ2v) is 7.35.